The second-order valence-electron chi connectivity index (χ2n) is 11.1. The molecular weight excluding hydrogens is 502 g/mol. The average molecular weight is 540 g/mol. The Hall–Kier alpha value is -1.45. The lowest BCUT2D eigenvalue weighted by atomic mass is 9.74. The van der Waals surface area contributed by atoms with E-state index in [9.17, 15) is 14.7 Å². The number of nitrogens with zero attached hydrogens (tertiary/aromatic N) is 2. The van der Waals surface area contributed by atoms with Gasteiger partial charge in [0.1, 0.15) is 12.3 Å². The van der Waals surface area contributed by atoms with Crippen LogP contribution in [0.15, 0.2) is 10.6 Å². The van der Waals surface area contributed by atoms with Gasteiger partial charge in [-0.15, -0.1) is 0 Å². The molecule has 5 fully saturated rings. The van der Waals surface area contributed by atoms with Gasteiger partial charge in [0.15, 0.2) is 24.1 Å². The zero-order chi connectivity index (χ0) is 23.1. The molecule has 1 atom stereocenters. The number of rotatable bonds is 7. The number of fused-ring (bicyclic) bond motifs is 3. The molecule has 0 unspecified atom stereocenters. The fraction of sp³-hybridized carbons (Fsp3) is 0.800. The number of aliphatic hydroxyl groups is 1. The number of carbonyl (C=O) groups excluding carboxylic acids is 2. The summed E-state index contributed by atoms with van der Waals surface area (Å²) < 4.78 is 11.8. The van der Waals surface area contributed by atoms with Gasteiger partial charge in [0.05, 0.1) is 13.1 Å². The number of hydrogen-bond acceptors (Lipinski definition) is 6. The van der Waals surface area contributed by atoms with Crippen molar-refractivity contribution >= 4 is 17.7 Å². The maximum absolute atomic E-state index is 13.6. The van der Waals surface area contributed by atoms with Crippen LogP contribution in [0.4, 0.5) is 5.82 Å². The average Bonchev–Trinajstić information content (AvgIpc) is 3.57. The van der Waals surface area contributed by atoms with Crippen molar-refractivity contribution in [3.05, 3.63) is 11.8 Å². The van der Waals surface area contributed by atoms with Crippen molar-refractivity contribution in [2.24, 2.45) is 17.8 Å². The molecule has 1 aromatic rings. The van der Waals surface area contributed by atoms with E-state index >= 15 is 0 Å². The third kappa shape index (κ3) is 4.93. The highest BCUT2D eigenvalue weighted by Crippen LogP contribution is 2.46. The molecule has 2 aliphatic carbocycles. The molecule has 0 spiro atoms. The molecule has 34 heavy (non-hydrogen) atoms. The number of piperidine rings is 3. The molecule has 0 radical (unpaired) electrons. The lowest BCUT2D eigenvalue weighted by Crippen LogP contribution is -3.00. The van der Waals surface area contributed by atoms with E-state index in [-0.39, 0.29) is 46.8 Å². The molecule has 1 aromatic heterocycles. The Balaban J connectivity index is 0.00000274. The predicted octanol–water partition coefficient (Wildman–Crippen LogP) is 0.189. The second-order valence-corrected chi connectivity index (χ2v) is 11.1. The van der Waals surface area contributed by atoms with Gasteiger partial charge < -0.3 is 41.1 Å². The first-order chi connectivity index (χ1) is 15.9. The fourth-order valence-electron chi connectivity index (χ4n) is 7.12. The van der Waals surface area contributed by atoms with Crippen molar-refractivity contribution in [1.82, 2.24) is 5.16 Å². The molecule has 8 nitrogen and oxygen atoms in total. The predicted molar refractivity (Wildman–Crippen MR) is 121 cm³/mol. The van der Waals surface area contributed by atoms with Gasteiger partial charge in [-0.1, -0.05) is 30.8 Å². The summed E-state index contributed by atoms with van der Waals surface area (Å²) in [6.07, 6.45) is 9.65. The van der Waals surface area contributed by atoms with Crippen LogP contribution >= 0.6 is 0 Å². The van der Waals surface area contributed by atoms with E-state index < -0.39 is 5.60 Å². The minimum absolute atomic E-state index is 0. The molecule has 0 aromatic carbocycles. The summed E-state index contributed by atoms with van der Waals surface area (Å²) in [5, 5.41) is 18.5. The quantitative estimate of drug-likeness (QED) is 0.379. The second kappa shape index (κ2) is 10.3. The van der Waals surface area contributed by atoms with E-state index in [1.807, 2.05) is 0 Å². The first kappa shape index (κ1) is 25.6. The van der Waals surface area contributed by atoms with Gasteiger partial charge in [0, 0.05) is 24.8 Å². The number of halogens is 1. The third-order valence-corrected chi connectivity index (χ3v) is 8.96. The van der Waals surface area contributed by atoms with Crippen LogP contribution < -0.4 is 22.3 Å². The maximum atomic E-state index is 13.6. The fourth-order valence-corrected chi connectivity index (χ4v) is 7.12. The topological polar surface area (TPSA) is 102 Å². The van der Waals surface area contributed by atoms with Crippen molar-refractivity contribution in [2.75, 3.05) is 31.5 Å². The number of esters is 1. The maximum Gasteiger partial charge on any atom is 0.339 e. The standard InChI is InChI=1S/C25H37N3O5.BrH/c1-17-14-22(27-33-17)26-23(29)16-28-12-10-18(11-13-28)21(15-28)32-24(30)25(31,19-6-2-3-7-19)20-8-4-5-9-20;/h14,18-21,31H,2-13,15-16H2,1H3;1H/t18?,21-,28?;/m0./s1. The SMILES string of the molecule is Cc1cc(NC(=O)C[N+]23CCC(CC2)[C@@H](OC(=O)C(O)(C2CCCC2)C2CCCC2)C3)no1.[Br-]. The highest BCUT2D eigenvalue weighted by atomic mass is 79.9. The Bertz CT molecular complexity index is 854. The smallest absolute Gasteiger partial charge is 0.339 e. The van der Waals surface area contributed by atoms with Crippen molar-refractivity contribution in [1.29, 1.82) is 0 Å². The number of carbonyl (C=O) groups is 2. The van der Waals surface area contributed by atoms with Crippen LogP contribution in [0.1, 0.15) is 70.0 Å². The van der Waals surface area contributed by atoms with Gasteiger partial charge in [-0.05, 0) is 44.4 Å². The van der Waals surface area contributed by atoms with Gasteiger partial charge in [-0.25, -0.2) is 4.79 Å². The molecule has 3 aliphatic heterocycles. The molecule has 2 N–H and O–H groups in total. The highest BCUT2D eigenvalue weighted by molar-refractivity contribution is 5.90. The van der Waals surface area contributed by atoms with Gasteiger partial charge in [0.25, 0.3) is 5.91 Å². The third-order valence-electron chi connectivity index (χ3n) is 8.96. The minimum atomic E-state index is -1.34. The number of aryl methyl sites for hydroxylation is 1. The van der Waals surface area contributed by atoms with Crippen LogP contribution in [0.2, 0.25) is 0 Å². The Morgan fingerprint density at radius 1 is 1.12 bits per heavy atom. The molecule has 2 bridgehead atoms. The van der Waals surface area contributed by atoms with Crippen molar-refractivity contribution in [2.45, 2.75) is 82.8 Å². The zero-order valence-corrected chi connectivity index (χ0v) is 21.7. The molecule has 190 valence electrons. The van der Waals surface area contributed by atoms with Gasteiger partial charge >= 0.3 is 5.97 Å². The molecule has 4 heterocycles. The van der Waals surface area contributed by atoms with Crippen LogP contribution in [-0.4, -0.2) is 64.5 Å². The van der Waals surface area contributed by atoms with Gasteiger partial charge in [-0.3, -0.25) is 4.79 Å². The number of nitrogens with one attached hydrogen (secondary N) is 1. The number of hydrogen-bond donors (Lipinski definition) is 2. The summed E-state index contributed by atoms with van der Waals surface area (Å²) in [6, 6.07) is 1.71. The van der Waals surface area contributed by atoms with Gasteiger partial charge in [0.2, 0.25) is 0 Å². The van der Waals surface area contributed by atoms with E-state index in [1.54, 1.807) is 13.0 Å². The number of aromatic nitrogens is 1. The molecule has 1 amide bonds. The summed E-state index contributed by atoms with van der Waals surface area (Å²) >= 11 is 0. The number of amides is 1. The van der Waals surface area contributed by atoms with Crippen molar-refractivity contribution < 1.29 is 45.4 Å². The summed E-state index contributed by atoms with van der Waals surface area (Å²) in [6.45, 7) is 4.60. The summed E-state index contributed by atoms with van der Waals surface area (Å²) in [7, 11) is 0. The summed E-state index contributed by atoms with van der Waals surface area (Å²) in [5.41, 5.74) is -1.34. The molecule has 3 saturated heterocycles. The van der Waals surface area contributed by atoms with Crippen LogP contribution in [0.5, 0.6) is 0 Å². The first-order valence-corrected chi connectivity index (χ1v) is 12.9. The van der Waals surface area contributed by atoms with E-state index in [0.29, 0.717) is 35.1 Å². The van der Waals surface area contributed by atoms with Crippen LogP contribution in [0.3, 0.4) is 0 Å². The lowest BCUT2D eigenvalue weighted by Gasteiger charge is -2.52. The Kier molecular flexibility index (Phi) is 7.74. The number of ether oxygens (including phenoxy) is 1. The van der Waals surface area contributed by atoms with Crippen LogP contribution in [0.25, 0.3) is 0 Å². The molecule has 5 aliphatic rings. The number of anilines is 1. The van der Waals surface area contributed by atoms with Crippen molar-refractivity contribution in [3.63, 3.8) is 0 Å². The first-order valence-electron chi connectivity index (χ1n) is 12.9. The van der Waals surface area contributed by atoms with E-state index in [2.05, 4.69) is 10.5 Å². The molecule has 6 rings (SSSR count). The van der Waals surface area contributed by atoms with Crippen molar-refractivity contribution in [3.8, 4) is 0 Å². The highest BCUT2D eigenvalue weighted by Gasteiger charge is 2.55. The summed E-state index contributed by atoms with van der Waals surface area (Å²) in [4.78, 5) is 26.3. The minimum Gasteiger partial charge on any atom is -1.00 e. The van der Waals surface area contributed by atoms with E-state index in [4.69, 9.17) is 9.26 Å². The van der Waals surface area contributed by atoms with E-state index in [1.165, 1.54) is 0 Å². The van der Waals surface area contributed by atoms with Crippen LogP contribution in [0, 0.1) is 24.7 Å². The molecule has 9 heteroatoms. The van der Waals surface area contributed by atoms with Crippen LogP contribution in [-0.2, 0) is 14.3 Å². The molecular formula is C25H38BrN3O5. The lowest BCUT2D eigenvalue weighted by molar-refractivity contribution is -0.939. The Morgan fingerprint density at radius 2 is 1.71 bits per heavy atom. The Morgan fingerprint density at radius 3 is 2.24 bits per heavy atom. The Labute approximate surface area is 212 Å². The number of quaternary nitrogens is 1. The molecule has 2 saturated carbocycles. The monoisotopic (exact) mass is 539 g/mol. The normalized spacial score (nSPS) is 29.7. The largest absolute Gasteiger partial charge is 1.00 e. The van der Waals surface area contributed by atoms with Gasteiger partial charge in [-0.2, -0.15) is 0 Å². The zero-order valence-electron chi connectivity index (χ0n) is 20.1. The van der Waals surface area contributed by atoms with E-state index in [0.717, 1.165) is 77.3 Å². The summed E-state index contributed by atoms with van der Waals surface area (Å²) in [5.74, 6) is 0.974.